The molecular formula is C11H16N2O3S. The van der Waals surface area contributed by atoms with Gasteiger partial charge >= 0.3 is 0 Å². The number of benzene rings is 1. The molecule has 0 heterocycles. The monoisotopic (exact) mass is 256 g/mol. The highest BCUT2D eigenvalue weighted by molar-refractivity contribution is 7.90. The molecule has 6 heteroatoms. The van der Waals surface area contributed by atoms with Crippen LogP contribution in [0.5, 0.6) is 0 Å². The summed E-state index contributed by atoms with van der Waals surface area (Å²) in [6, 6.07) is 4.74. The first-order valence-electron chi connectivity index (χ1n) is 5.15. The SMILES string of the molecule is Cc1cc(C(N)=O)ccc1CS(=O)(=O)CCN. The predicted molar refractivity (Wildman–Crippen MR) is 66.2 cm³/mol. The van der Waals surface area contributed by atoms with Gasteiger partial charge < -0.3 is 11.5 Å². The molecule has 1 aromatic rings. The second-order valence-electron chi connectivity index (χ2n) is 3.89. The van der Waals surface area contributed by atoms with E-state index in [1.54, 1.807) is 19.1 Å². The van der Waals surface area contributed by atoms with Crippen LogP contribution in [0.2, 0.25) is 0 Å². The molecule has 5 nitrogen and oxygen atoms in total. The first-order chi connectivity index (χ1) is 7.85. The van der Waals surface area contributed by atoms with Gasteiger partial charge in [0.15, 0.2) is 9.84 Å². The van der Waals surface area contributed by atoms with Crippen molar-refractivity contribution in [1.82, 2.24) is 0 Å². The summed E-state index contributed by atoms with van der Waals surface area (Å²) in [4.78, 5) is 10.9. The topological polar surface area (TPSA) is 103 Å². The smallest absolute Gasteiger partial charge is 0.248 e. The maximum Gasteiger partial charge on any atom is 0.248 e. The predicted octanol–water partition coefficient (Wildman–Crippen LogP) is -0.0326. The summed E-state index contributed by atoms with van der Waals surface area (Å²) in [5, 5.41) is 0. The maximum atomic E-state index is 11.6. The lowest BCUT2D eigenvalue weighted by Gasteiger charge is -2.07. The van der Waals surface area contributed by atoms with Crippen LogP contribution < -0.4 is 11.5 Å². The highest BCUT2D eigenvalue weighted by Crippen LogP contribution is 2.14. The summed E-state index contributed by atoms with van der Waals surface area (Å²) in [7, 11) is -3.18. The average molecular weight is 256 g/mol. The van der Waals surface area contributed by atoms with Crippen molar-refractivity contribution in [1.29, 1.82) is 0 Å². The van der Waals surface area contributed by atoms with Crippen LogP contribution in [0.4, 0.5) is 0 Å². The molecule has 94 valence electrons. The lowest BCUT2D eigenvalue weighted by Crippen LogP contribution is -2.18. The van der Waals surface area contributed by atoms with Gasteiger partial charge in [0.25, 0.3) is 0 Å². The van der Waals surface area contributed by atoms with E-state index in [4.69, 9.17) is 11.5 Å². The molecule has 0 bridgehead atoms. The Morgan fingerprint density at radius 1 is 1.35 bits per heavy atom. The third-order valence-corrected chi connectivity index (χ3v) is 4.04. The molecule has 1 amide bonds. The molecule has 0 aliphatic rings. The third-order valence-electron chi connectivity index (χ3n) is 2.43. The number of amides is 1. The minimum atomic E-state index is -3.18. The van der Waals surface area contributed by atoms with Crippen molar-refractivity contribution in [3.63, 3.8) is 0 Å². The maximum absolute atomic E-state index is 11.6. The number of hydrogen-bond donors (Lipinski definition) is 2. The summed E-state index contributed by atoms with van der Waals surface area (Å²) in [6.45, 7) is 1.86. The van der Waals surface area contributed by atoms with Crippen LogP contribution in [0.15, 0.2) is 18.2 Å². The Morgan fingerprint density at radius 2 is 2.00 bits per heavy atom. The molecule has 17 heavy (non-hydrogen) atoms. The zero-order valence-electron chi connectivity index (χ0n) is 9.64. The molecule has 0 aliphatic carbocycles. The standard InChI is InChI=1S/C11H16N2O3S/c1-8-6-9(11(13)14)2-3-10(8)7-17(15,16)5-4-12/h2-3,6H,4-5,7,12H2,1H3,(H2,13,14). The Morgan fingerprint density at radius 3 is 2.47 bits per heavy atom. The highest BCUT2D eigenvalue weighted by atomic mass is 32.2. The fourth-order valence-electron chi connectivity index (χ4n) is 1.50. The normalized spacial score (nSPS) is 11.4. The first-order valence-corrected chi connectivity index (χ1v) is 6.97. The van der Waals surface area contributed by atoms with Crippen LogP contribution in [-0.4, -0.2) is 26.6 Å². The van der Waals surface area contributed by atoms with Crippen molar-refractivity contribution in [3.8, 4) is 0 Å². The van der Waals surface area contributed by atoms with E-state index in [2.05, 4.69) is 0 Å². The van der Waals surface area contributed by atoms with Crippen molar-refractivity contribution in [3.05, 3.63) is 34.9 Å². The second kappa shape index (κ2) is 5.29. The molecule has 0 spiro atoms. The molecule has 1 aromatic carbocycles. The van der Waals surface area contributed by atoms with Crippen molar-refractivity contribution in [2.24, 2.45) is 11.5 Å². The van der Waals surface area contributed by atoms with Crippen LogP contribution in [0.25, 0.3) is 0 Å². The van der Waals surface area contributed by atoms with E-state index in [1.807, 2.05) is 0 Å². The molecule has 1 rings (SSSR count). The van der Waals surface area contributed by atoms with Crippen molar-refractivity contribution in [2.75, 3.05) is 12.3 Å². The quantitative estimate of drug-likeness (QED) is 0.771. The highest BCUT2D eigenvalue weighted by Gasteiger charge is 2.13. The summed E-state index contributed by atoms with van der Waals surface area (Å²) in [6.07, 6.45) is 0. The number of nitrogens with two attached hydrogens (primary N) is 2. The largest absolute Gasteiger partial charge is 0.366 e. The zero-order chi connectivity index (χ0) is 13.1. The summed E-state index contributed by atoms with van der Waals surface area (Å²) < 4.78 is 23.2. The van der Waals surface area contributed by atoms with E-state index >= 15 is 0 Å². The lowest BCUT2D eigenvalue weighted by molar-refractivity contribution is 0.1000. The van der Waals surface area contributed by atoms with E-state index in [0.717, 1.165) is 5.56 Å². The van der Waals surface area contributed by atoms with Crippen LogP contribution in [0.1, 0.15) is 21.5 Å². The van der Waals surface area contributed by atoms with Gasteiger partial charge in [-0.05, 0) is 30.2 Å². The van der Waals surface area contributed by atoms with Crippen molar-refractivity contribution in [2.45, 2.75) is 12.7 Å². The molecule has 0 saturated carbocycles. The Balaban J connectivity index is 2.98. The number of rotatable bonds is 5. The lowest BCUT2D eigenvalue weighted by atomic mass is 10.1. The number of hydrogen-bond acceptors (Lipinski definition) is 4. The molecule has 0 radical (unpaired) electrons. The fourth-order valence-corrected chi connectivity index (χ4v) is 2.80. The molecule has 4 N–H and O–H groups in total. The fraction of sp³-hybridized carbons (Fsp3) is 0.364. The van der Waals surface area contributed by atoms with Gasteiger partial charge in [-0.25, -0.2) is 8.42 Å². The van der Waals surface area contributed by atoms with Gasteiger partial charge in [0.2, 0.25) is 5.91 Å². The van der Waals surface area contributed by atoms with Crippen LogP contribution in [-0.2, 0) is 15.6 Å². The Labute approximate surface area is 101 Å². The summed E-state index contributed by atoms with van der Waals surface area (Å²) in [5.41, 5.74) is 12.1. The van der Waals surface area contributed by atoms with Gasteiger partial charge in [-0.15, -0.1) is 0 Å². The Kier molecular flexibility index (Phi) is 4.25. The molecule has 0 unspecified atom stereocenters. The number of primary amides is 1. The van der Waals surface area contributed by atoms with Crippen LogP contribution in [0.3, 0.4) is 0 Å². The van der Waals surface area contributed by atoms with Gasteiger partial charge in [-0.1, -0.05) is 6.07 Å². The zero-order valence-corrected chi connectivity index (χ0v) is 10.5. The van der Waals surface area contributed by atoms with Crippen LogP contribution >= 0.6 is 0 Å². The molecule has 0 atom stereocenters. The van der Waals surface area contributed by atoms with Crippen LogP contribution in [0, 0.1) is 6.92 Å². The van der Waals surface area contributed by atoms with Gasteiger partial charge in [-0.3, -0.25) is 4.79 Å². The number of carbonyl (C=O) groups excluding carboxylic acids is 1. The molecule has 0 fully saturated rings. The minimum absolute atomic E-state index is 0.0377. The van der Waals surface area contributed by atoms with Gasteiger partial charge in [0.05, 0.1) is 11.5 Å². The Hall–Kier alpha value is -1.40. The molecule has 0 saturated heterocycles. The van der Waals surface area contributed by atoms with E-state index in [-0.39, 0.29) is 18.1 Å². The summed E-state index contributed by atoms with van der Waals surface area (Å²) >= 11 is 0. The Bertz CT molecular complexity index is 524. The second-order valence-corrected chi connectivity index (χ2v) is 6.07. The third kappa shape index (κ3) is 3.83. The van der Waals surface area contributed by atoms with E-state index in [1.165, 1.54) is 6.07 Å². The van der Waals surface area contributed by atoms with Gasteiger partial charge in [-0.2, -0.15) is 0 Å². The first kappa shape index (κ1) is 13.7. The number of aryl methyl sites for hydroxylation is 1. The molecule has 0 aromatic heterocycles. The average Bonchev–Trinajstić information content (AvgIpc) is 2.20. The molecular weight excluding hydrogens is 240 g/mol. The van der Waals surface area contributed by atoms with E-state index < -0.39 is 15.7 Å². The van der Waals surface area contributed by atoms with Gasteiger partial charge in [0, 0.05) is 12.1 Å². The number of carbonyl (C=O) groups is 1. The number of sulfone groups is 1. The van der Waals surface area contributed by atoms with E-state index in [9.17, 15) is 13.2 Å². The van der Waals surface area contributed by atoms with Crippen molar-refractivity contribution < 1.29 is 13.2 Å². The minimum Gasteiger partial charge on any atom is -0.366 e. The molecule has 0 aliphatic heterocycles. The van der Waals surface area contributed by atoms with Crippen molar-refractivity contribution >= 4 is 15.7 Å². The van der Waals surface area contributed by atoms with E-state index in [0.29, 0.717) is 11.1 Å². The summed E-state index contributed by atoms with van der Waals surface area (Å²) in [5.74, 6) is -0.622. The van der Waals surface area contributed by atoms with Gasteiger partial charge in [0.1, 0.15) is 0 Å².